The normalized spacial score (nSPS) is 16.0. The van der Waals surface area contributed by atoms with E-state index in [4.69, 9.17) is 21.9 Å². The molecule has 0 radical (unpaired) electrons. The summed E-state index contributed by atoms with van der Waals surface area (Å²) in [7, 11) is 3.48. The average molecular weight is 600 g/mol. The minimum atomic E-state index is -0.488. The molecule has 0 spiro atoms. The summed E-state index contributed by atoms with van der Waals surface area (Å²) in [4.78, 5) is 42.8. The van der Waals surface area contributed by atoms with E-state index in [9.17, 15) is 14.4 Å². The minimum absolute atomic E-state index is 0.0776. The van der Waals surface area contributed by atoms with Crippen LogP contribution in [0.5, 0.6) is 0 Å². The van der Waals surface area contributed by atoms with Crippen LogP contribution in [0.25, 0.3) is 0 Å². The van der Waals surface area contributed by atoms with Crippen LogP contribution in [0.2, 0.25) is 0 Å². The maximum absolute atomic E-state index is 12.9. The van der Waals surface area contributed by atoms with Gasteiger partial charge in [0.05, 0.1) is 13.2 Å². The second kappa shape index (κ2) is 17.3. The molecule has 13 nitrogen and oxygen atoms in total. The monoisotopic (exact) mass is 599 g/mol. The molecule has 0 bridgehead atoms. The molecule has 1 aromatic rings. The van der Waals surface area contributed by atoms with Gasteiger partial charge in [0.1, 0.15) is 17.7 Å². The van der Waals surface area contributed by atoms with E-state index >= 15 is 0 Å². The number of amides is 3. The number of carbonyl (C=O) groups excluding carboxylic acids is 3. The van der Waals surface area contributed by atoms with Gasteiger partial charge >= 0.3 is 0 Å². The van der Waals surface area contributed by atoms with Gasteiger partial charge in [-0.05, 0) is 43.9 Å². The van der Waals surface area contributed by atoms with Crippen LogP contribution >= 0.6 is 0 Å². The number of primary amides is 1. The van der Waals surface area contributed by atoms with Crippen molar-refractivity contribution >= 4 is 30.3 Å². The van der Waals surface area contributed by atoms with Crippen molar-refractivity contribution < 1.29 is 19.1 Å². The van der Waals surface area contributed by atoms with Gasteiger partial charge in [-0.15, -0.1) is 0 Å². The van der Waals surface area contributed by atoms with Gasteiger partial charge in [-0.3, -0.25) is 19.4 Å². The summed E-state index contributed by atoms with van der Waals surface area (Å²) in [6.45, 7) is 3.57. The largest absolute Gasteiger partial charge is 0.385 e. The first-order valence-corrected chi connectivity index (χ1v) is 15.1. The summed E-state index contributed by atoms with van der Waals surface area (Å²) in [5.74, 6) is 0.111. The fourth-order valence-electron chi connectivity index (χ4n) is 5.38. The van der Waals surface area contributed by atoms with Gasteiger partial charge < -0.3 is 46.9 Å². The van der Waals surface area contributed by atoms with Crippen molar-refractivity contribution in [3.05, 3.63) is 40.9 Å². The van der Waals surface area contributed by atoms with Gasteiger partial charge in [-0.25, -0.2) is 0 Å². The number of aliphatic imine (C=N–C) groups is 1. The van der Waals surface area contributed by atoms with Gasteiger partial charge in [-0.1, -0.05) is 12.8 Å². The summed E-state index contributed by atoms with van der Waals surface area (Å²) in [6, 6.07) is 2.04. The molecule has 2 heterocycles. The highest BCUT2D eigenvalue weighted by atomic mass is 16.5. The molecule has 1 aliphatic heterocycles. The number of carbonyl (C=O) groups is 3. The molecular formula is C30H49N9O4. The van der Waals surface area contributed by atoms with Crippen LogP contribution in [0.3, 0.4) is 0 Å². The van der Waals surface area contributed by atoms with Crippen molar-refractivity contribution in [2.24, 2.45) is 16.5 Å². The van der Waals surface area contributed by atoms with Gasteiger partial charge in [0.2, 0.25) is 12.3 Å². The maximum atomic E-state index is 12.9. The Labute approximate surface area is 254 Å². The zero-order valence-electron chi connectivity index (χ0n) is 25.6. The van der Waals surface area contributed by atoms with Crippen molar-refractivity contribution in [2.75, 3.05) is 59.2 Å². The van der Waals surface area contributed by atoms with Gasteiger partial charge in [0, 0.05) is 82.4 Å². The third kappa shape index (κ3) is 10.4. The summed E-state index contributed by atoms with van der Waals surface area (Å²) in [5.41, 5.74) is 21.4. The van der Waals surface area contributed by atoms with Crippen LogP contribution < -0.4 is 27.8 Å². The van der Waals surface area contributed by atoms with E-state index in [1.165, 1.54) is 0 Å². The lowest BCUT2D eigenvalue weighted by Gasteiger charge is -2.30. The number of rotatable bonds is 19. The lowest BCUT2D eigenvalue weighted by molar-refractivity contribution is -0.119. The number of dihydropyridines is 1. The minimum Gasteiger partial charge on any atom is -0.385 e. The Morgan fingerprint density at radius 2 is 1.98 bits per heavy atom. The van der Waals surface area contributed by atoms with E-state index in [2.05, 4.69) is 26.6 Å². The molecule has 0 aromatic carbocycles. The van der Waals surface area contributed by atoms with Gasteiger partial charge in [0.15, 0.2) is 0 Å². The molecule has 1 fully saturated rings. The molecule has 13 heteroatoms. The standard InChI is InChI=1S/C30H49N9O4/c1-37(2)30(42)26-17-22(29(33)39(26)24-7-3-4-8-24)19-36-27(31)18-23-9-10-25(20-35-23)38(14-12-34-21-40)13-5-6-15-43-16-11-28(32)41/h9-10,17,19,21,24,27,35H,3-8,11-16,18,20,31,33H2,1-2H3,(H2,32,41)(H,34,40)/b36-19-. The Kier molecular flexibility index (Phi) is 13.6. The Balaban J connectivity index is 1.59. The summed E-state index contributed by atoms with van der Waals surface area (Å²) >= 11 is 0. The molecule has 8 N–H and O–H groups in total. The Bertz CT molecular complexity index is 1170. The number of allylic oxidation sites excluding steroid dienone is 2. The van der Waals surface area contributed by atoms with Crippen molar-refractivity contribution in [2.45, 2.75) is 63.6 Å². The molecule has 238 valence electrons. The fourth-order valence-corrected chi connectivity index (χ4v) is 5.38. The first-order valence-electron chi connectivity index (χ1n) is 15.1. The molecule has 1 atom stereocenters. The average Bonchev–Trinajstić information content (AvgIpc) is 3.62. The highest BCUT2D eigenvalue weighted by molar-refractivity contribution is 5.98. The van der Waals surface area contributed by atoms with Crippen molar-refractivity contribution in [1.82, 2.24) is 25.0 Å². The van der Waals surface area contributed by atoms with Crippen LogP contribution in [0.1, 0.15) is 73.5 Å². The van der Waals surface area contributed by atoms with Gasteiger partial charge in [-0.2, -0.15) is 0 Å². The molecule has 43 heavy (non-hydrogen) atoms. The lowest BCUT2D eigenvalue weighted by atomic mass is 10.1. The zero-order valence-corrected chi connectivity index (χ0v) is 25.6. The van der Waals surface area contributed by atoms with E-state index in [-0.39, 0.29) is 24.3 Å². The predicted octanol–water partition coefficient (Wildman–Crippen LogP) is 1.07. The Morgan fingerprint density at radius 1 is 1.21 bits per heavy atom. The number of hydrogen-bond acceptors (Lipinski definition) is 9. The second-order valence-corrected chi connectivity index (χ2v) is 11.2. The highest BCUT2D eigenvalue weighted by Gasteiger charge is 2.26. The topological polar surface area (TPSA) is 186 Å². The first-order chi connectivity index (χ1) is 20.7. The summed E-state index contributed by atoms with van der Waals surface area (Å²) in [6.07, 6.45) is 12.8. The third-order valence-electron chi connectivity index (χ3n) is 7.70. The van der Waals surface area contributed by atoms with E-state index in [1.54, 1.807) is 25.2 Å². The zero-order chi connectivity index (χ0) is 31.2. The maximum Gasteiger partial charge on any atom is 0.270 e. The Hall–Kier alpha value is -3.84. The van der Waals surface area contributed by atoms with E-state index in [0.29, 0.717) is 62.8 Å². The fraction of sp³-hybridized carbons (Fsp3) is 0.600. The van der Waals surface area contributed by atoms with Crippen LogP contribution in [0, 0.1) is 0 Å². The second-order valence-electron chi connectivity index (χ2n) is 11.2. The number of anilines is 1. The van der Waals surface area contributed by atoms with Crippen molar-refractivity contribution in [1.29, 1.82) is 0 Å². The van der Waals surface area contributed by atoms with Crippen molar-refractivity contribution in [3.8, 4) is 0 Å². The molecule has 1 unspecified atom stereocenters. The quantitative estimate of drug-likeness (QED) is 0.0887. The molecular weight excluding hydrogens is 550 g/mol. The molecule has 3 amide bonds. The third-order valence-corrected chi connectivity index (χ3v) is 7.70. The van der Waals surface area contributed by atoms with Crippen LogP contribution in [-0.2, 0) is 14.3 Å². The highest BCUT2D eigenvalue weighted by Crippen LogP contribution is 2.35. The molecule has 1 aromatic heterocycles. The van der Waals surface area contributed by atoms with E-state index in [1.807, 2.05) is 16.7 Å². The van der Waals surface area contributed by atoms with Crippen molar-refractivity contribution in [3.63, 3.8) is 0 Å². The van der Waals surface area contributed by atoms with Crippen LogP contribution in [-0.4, -0.2) is 98.5 Å². The molecule has 3 rings (SSSR count). The van der Waals surface area contributed by atoms with Crippen LogP contribution in [0.4, 0.5) is 5.82 Å². The lowest BCUT2D eigenvalue weighted by Crippen LogP contribution is -2.37. The van der Waals surface area contributed by atoms with Crippen LogP contribution in [0.15, 0.2) is 34.6 Å². The summed E-state index contributed by atoms with van der Waals surface area (Å²) < 4.78 is 7.44. The predicted molar refractivity (Wildman–Crippen MR) is 168 cm³/mol. The number of nitrogens with zero attached hydrogens (tertiary/aromatic N) is 4. The summed E-state index contributed by atoms with van der Waals surface area (Å²) in [5, 5.41) is 6.17. The Morgan fingerprint density at radius 3 is 2.63 bits per heavy atom. The molecule has 1 saturated carbocycles. The number of aromatic nitrogens is 1. The molecule has 2 aliphatic rings. The SMILES string of the molecule is CN(C)C(=O)c1cc(/C=N\C(N)CC2=CC=C(N(CCCCOCCC(N)=O)CCNC=O)CN2)c(N)n1C1CCCC1. The number of ether oxygens (including phenoxy) is 1. The van der Waals surface area contributed by atoms with E-state index in [0.717, 1.165) is 56.5 Å². The number of nitrogens with two attached hydrogens (primary N) is 3. The first kappa shape index (κ1) is 33.7. The number of unbranched alkanes of at least 4 members (excludes halogenated alkanes) is 1. The number of nitrogens with one attached hydrogen (secondary N) is 2. The molecule has 0 saturated heterocycles. The smallest absolute Gasteiger partial charge is 0.270 e. The number of hydrogen-bond donors (Lipinski definition) is 5. The van der Waals surface area contributed by atoms with E-state index < -0.39 is 6.17 Å². The number of nitrogen functional groups attached to an aromatic ring is 1. The molecule has 1 aliphatic carbocycles. The van der Waals surface area contributed by atoms with Gasteiger partial charge in [0.25, 0.3) is 5.91 Å².